The van der Waals surface area contributed by atoms with E-state index in [1.54, 1.807) is 12.0 Å². The molecule has 1 fully saturated rings. The Bertz CT molecular complexity index is 249. The molecule has 1 rings (SSSR count). The topological polar surface area (TPSA) is 72.6 Å². The van der Waals surface area contributed by atoms with Gasteiger partial charge in [-0.25, -0.2) is 0 Å². The van der Waals surface area contributed by atoms with Gasteiger partial charge in [-0.05, 0) is 33.6 Å². The maximum atomic E-state index is 11.0. The summed E-state index contributed by atoms with van der Waals surface area (Å²) in [5.74, 6) is -0.125. The summed E-state index contributed by atoms with van der Waals surface area (Å²) in [7, 11) is 1.71. The molecule has 2 N–H and O–H groups in total. The highest BCUT2D eigenvalue weighted by Gasteiger charge is 2.26. The number of nitrogens with two attached hydrogens (primary N) is 1. The molecule has 0 radical (unpaired) electrons. The van der Waals surface area contributed by atoms with Crippen LogP contribution in [0.25, 0.3) is 0 Å². The Morgan fingerprint density at radius 2 is 2.06 bits per heavy atom. The van der Waals surface area contributed by atoms with Gasteiger partial charge in [-0.15, -0.1) is 0 Å². The molecule has 0 spiro atoms. The van der Waals surface area contributed by atoms with Gasteiger partial charge in [0.25, 0.3) is 0 Å². The van der Waals surface area contributed by atoms with Crippen LogP contribution in [0, 0.1) is 0 Å². The van der Waals surface area contributed by atoms with Crippen LogP contribution in [0.2, 0.25) is 0 Å². The van der Waals surface area contributed by atoms with Crippen LogP contribution in [0.5, 0.6) is 0 Å². The van der Waals surface area contributed by atoms with Crippen molar-refractivity contribution in [1.82, 2.24) is 4.90 Å². The van der Waals surface area contributed by atoms with E-state index in [0.717, 1.165) is 19.1 Å². The van der Waals surface area contributed by atoms with Crippen molar-refractivity contribution in [2.75, 3.05) is 20.2 Å². The molecule has 1 saturated heterocycles. The van der Waals surface area contributed by atoms with Crippen LogP contribution in [-0.4, -0.2) is 48.9 Å². The first kappa shape index (κ1) is 16.1. The number of aldehydes is 1. The van der Waals surface area contributed by atoms with Crippen molar-refractivity contribution in [2.45, 2.75) is 45.3 Å². The van der Waals surface area contributed by atoms with E-state index in [9.17, 15) is 9.59 Å². The Labute approximate surface area is 103 Å². The Morgan fingerprint density at radius 1 is 1.53 bits per heavy atom. The number of amides is 1. The maximum Gasteiger partial charge on any atom is 0.236 e. The van der Waals surface area contributed by atoms with Crippen molar-refractivity contribution in [3.05, 3.63) is 0 Å². The molecule has 17 heavy (non-hydrogen) atoms. The van der Waals surface area contributed by atoms with Gasteiger partial charge in [0.1, 0.15) is 6.29 Å². The summed E-state index contributed by atoms with van der Waals surface area (Å²) in [5, 5.41) is 0. The van der Waals surface area contributed by atoms with Crippen LogP contribution in [0.15, 0.2) is 0 Å². The lowest BCUT2D eigenvalue weighted by atomic mass is 10.2. The summed E-state index contributed by atoms with van der Waals surface area (Å²) in [4.78, 5) is 23.0. The summed E-state index contributed by atoms with van der Waals surface area (Å²) < 4.78 is 4.94. The molecule has 1 amide bonds. The summed E-state index contributed by atoms with van der Waals surface area (Å²) >= 11 is 0. The third kappa shape index (κ3) is 6.38. The highest BCUT2D eigenvalue weighted by atomic mass is 16.5. The van der Waals surface area contributed by atoms with Crippen molar-refractivity contribution in [3.8, 4) is 0 Å². The molecule has 5 heteroatoms. The lowest BCUT2D eigenvalue weighted by Gasteiger charge is -2.18. The lowest BCUT2D eigenvalue weighted by molar-refractivity contribution is -0.133. The predicted molar refractivity (Wildman–Crippen MR) is 66.6 cm³/mol. The van der Waals surface area contributed by atoms with E-state index in [-0.39, 0.29) is 24.1 Å². The fraction of sp³-hybridized carbons (Fsp3) is 0.833. The van der Waals surface area contributed by atoms with Crippen LogP contribution in [-0.2, 0) is 14.3 Å². The highest BCUT2D eigenvalue weighted by Crippen LogP contribution is 2.14. The van der Waals surface area contributed by atoms with Gasteiger partial charge >= 0.3 is 0 Å². The van der Waals surface area contributed by atoms with E-state index >= 15 is 0 Å². The predicted octanol–water partition coefficient (Wildman–Crippen LogP) is 0.566. The van der Waals surface area contributed by atoms with Crippen LogP contribution in [0.3, 0.4) is 0 Å². The zero-order valence-corrected chi connectivity index (χ0v) is 11.2. The molecule has 1 unspecified atom stereocenters. The van der Waals surface area contributed by atoms with Gasteiger partial charge in [0.05, 0.1) is 18.2 Å². The normalized spacial score (nSPS) is 19.6. The Morgan fingerprint density at radius 3 is 2.41 bits per heavy atom. The number of hydrogen-bond acceptors (Lipinski definition) is 4. The molecular formula is C12H24N2O3. The average molecular weight is 244 g/mol. The van der Waals surface area contributed by atoms with Crippen molar-refractivity contribution >= 4 is 12.2 Å². The third-order valence-electron chi connectivity index (χ3n) is 2.56. The number of hydrogen-bond donors (Lipinski definition) is 1. The first-order chi connectivity index (χ1) is 7.85. The molecule has 1 aliphatic rings. The molecule has 0 aromatic carbocycles. The number of carbonyl (C=O) groups is 2. The van der Waals surface area contributed by atoms with Crippen LogP contribution in [0.4, 0.5) is 0 Å². The van der Waals surface area contributed by atoms with Gasteiger partial charge in [0, 0.05) is 13.7 Å². The molecule has 1 atom stereocenters. The minimum absolute atomic E-state index is 0.00431. The van der Waals surface area contributed by atoms with Gasteiger partial charge in [-0.3, -0.25) is 4.79 Å². The molecule has 0 saturated carbocycles. The Hall–Kier alpha value is -0.940. The van der Waals surface area contributed by atoms with Gasteiger partial charge in [-0.1, -0.05) is 0 Å². The number of nitrogens with zero attached hydrogens (tertiary/aromatic N) is 1. The van der Waals surface area contributed by atoms with Gasteiger partial charge in [0.15, 0.2) is 0 Å². The summed E-state index contributed by atoms with van der Waals surface area (Å²) in [6.45, 7) is 6.75. The van der Waals surface area contributed by atoms with Gasteiger partial charge in [0.2, 0.25) is 5.91 Å². The molecule has 100 valence electrons. The third-order valence-corrected chi connectivity index (χ3v) is 2.56. The number of methoxy groups -OCH3 is 1. The lowest BCUT2D eigenvalue weighted by Crippen LogP contribution is -2.40. The molecule has 0 bridgehead atoms. The number of carbonyl (C=O) groups excluding carboxylic acids is 2. The Balaban J connectivity index is 0.000000366. The van der Waals surface area contributed by atoms with E-state index in [0.29, 0.717) is 6.54 Å². The molecule has 1 aliphatic heterocycles. The molecule has 1 heterocycles. The molecule has 0 aromatic heterocycles. The standard InChI is InChI=1S/C7H12N2O2.C5H12O/c8-4-7(11)9-3-1-2-6(9)5-10;1-5(2,3)6-4/h5-6H,1-4,8H2;1-4H3. The van der Waals surface area contributed by atoms with E-state index in [2.05, 4.69) is 0 Å². The van der Waals surface area contributed by atoms with Crippen LogP contribution >= 0.6 is 0 Å². The number of likely N-dealkylation sites (tertiary alicyclic amines) is 1. The summed E-state index contributed by atoms with van der Waals surface area (Å²) in [6.07, 6.45) is 2.52. The maximum absolute atomic E-state index is 11.0. The van der Waals surface area contributed by atoms with Crippen LogP contribution in [0.1, 0.15) is 33.6 Å². The summed E-state index contributed by atoms with van der Waals surface area (Å²) in [6, 6.07) is -0.217. The number of rotatable bonds is 2. The van der Waals surface area contributed by atoms with E-state index in [1.165, 1.54) is 0 Å². The van der Waals surface area contributed by atoms with E-state index in [1.807, 2.05) is 20.8 Å². The molecule has 0 aromatic rings. The molecule has 0 aliphatic carbocycles. The Kier molecular flexibility index (Phi) is 6.99. The molecular weight excluding hydrogens is 220 g/mol. The number of ether oxygens (including phenoxy) is 1. The monoisotopic (exact) mass is 244 g/mol. The zero-order chi connectivity index (χ0) is 13.5. The fourth-order valence-corrected chi connectivity index (χ4v) is 1.36. The second-order valence-corrected chi connectivity index (χ2v) is 4.95. The average Bonchev–Trinajstić information content (AvgIpc) is 2.76. The SMILES string of the molecule is COC(C)(C)C.NCC(=O)N1CCCC1C=O. The van der Waals surface area contributed by atoms with Crippen molar-refractivity contribution in [3.63, 3.8) is 0 Å². The van der Waals surface area contributed by atoms with Crippen LogP contribution < -0.4 is 5.73 Å². The van der Waals surface area contributed by atoms with Crippen molar-refractivity contribution < 1.29 is 14.3 Å². The smallest absolute Gasteiger partial charge is 0.236 e. The quantitative estimate of drug-likeness (QED) is 0.721. The van der Waals surface area contributed by atoms with Crippen molar-refractivity contribution in [1.29, 1.82) is 0 Å². The minimum Gasteiger partial charge on any atom is -0.379 e. The molecule has 5 nitrogen and oxygen atoms in total. The summed E-state index contributed by atoms with van der Waals surface area (Å²) in [5.41, 5.74) is 5.20. The largest absolute Gasteiger partial charge is 0.379 e. The van der Waals surface area contributed by atoms with Crippen molar-refractivity contribution in [2.24, 2.45) is 5.73 Å². The zero-order valence-electron chi connectivity index (χ0n) is 11.2. The minimum atomic E-state index is -0.217. The first-order valence-electron chi connectivity index (χ1n) is 5.85. The first-order valence-corrected chi connectivity index (χ1v) is 5.85. The second kappa shape index (κ2) is 7.40. The fourth-order valence-electron chi connectivity index (χ4n) is 1.36. The van der Waals surface area contributed by atoms with Gasteiger partial charge in [-0.2, -0.15) is 0 Å². The van der Waals surface area contributed by atoms with E-state index in [4.69, 9.17) is 10.5 Å². The second-order valence-electron chi connectivity index (χ2n) is 4.95. The highest BCUT2D eigenvalue weighted by molar-refractivity contribution is 5.81. The van der Waals surface area contributed by atoms with E-state index < -0.39 is 0 Å². The van der Waals surface area contributed by atoms with Gasteiger partial charge < -0.3 is 20.2 Å².